The summed E-state index contributed by atoms with van der Waals surface area (Å²) in [7, 11) is 0. The molecule has 0 radical (unpaired) electrons. The van der Waals surface area contributed by atoms with Crippen molar-refractivity contribution in [2.75, 3.05) is 6.54 Å². The molecule has 0 atom stereocenters. The lowest BCUT2D eigenvalue weighted by atomic mass is 10.2. The molecule has 0 saturated heterocycles. The van der Waals surface area contributed by atoms with Gasteiger partial charge in [-0.25, -0.2) is 0 Å². The van der Waals surface area contributed by atoms with Gasteiger partial charge in [0.15, 0.2) is 0 Å². The highest BCUT2D eigenvalue weighted by atomic mass is 79.9. The van der Waals surface area contributed by atoms with Gasteiger partial charge in [0.2, 0.25) is 5.91 Å². The van der Waals surface area contributed by atoms with Crippen LogP contribution in [0.25, 0.3) is 0 Å². The zero-order valence-electron chi connectivity index (χ0n) is 8.64. The minimum atomic E-state index is -0.398. The average molecular weight is 248 g/mol. The normalized spacial score (nSPS) is 17.2. The largest absolute Gasteiger partial charge is 0.339 e. The predicted molar refractivity (Wildman–Crippen MR) is 58.0 cm³/mol. The van der Waals surface area contributed by atoms with Crippen LogP contribution in [0.1, 0.15) is 40.0 Å². The summed E-state index contributed by atoms with van der Waals surface area (Å²) in [5.74, 6) is 0.233. The minimum absolute atomic E-state index is 0.233. The molecule has 0 N–H and O–H groups in total. The third kappa shape index (κ3) is 2.97. The van der Waals surface area contributed by atoms with Gasteiger partial charge in [-0.1, -0.05) is 22.9 Å². The number of rotatable bonds is 4. The van der Waals surface area contributed by atoms with Crippen LogP contribution >= 0.6 is 15.9 Å². The monoisotopic (exact) mass is 247 g/mol. The van der Waals surface area contributed by atoms with Crippen LogP contribution in [-0.4, -0.2) is 27.7 Å². The molecular weight excluding hydrogens is 230 g/mol. The van der Waals surface area contributed by atoms with Crippen molar-refractivity contribution in [1.82, 2.24) is 4.90 Å². The molecule has 1 aliphatic carbocycles. The van der Waals surface area contributed by atoms with Gasteiger partial charge >= 0.3 is 0 Å². The maximum Gasteiger partial charge on any atom is 0.239 e. The molecule has 13 heavy (non-hydrogen) atoms. The Morgan fingerprint density at radius 2 is 2.08 bits per heavy atom. The van der Waals surface area contributed by atoms with Gasteiger partial charge < -0.3 is 4.90 Å². The van der Waals surface area contributed by atoms with E-state index in [1.54, 1.807) is 0 Å². The number of nitrogens with zero attached hydrogens (tertiary/aromatic N) is 1. The quantitative estimate of drug-likeness (QED) is 0.700. The Morgan fingerprint density at radius 3 is 2.38 bits per heavy atom. The smallest absolute Gasteiger partial charge is 0.239 e. The van der Waals surface area contributed by atoms with Gasteiger partial charge in [-0.3, -0.25) is 4.79 Å². The second-order valence-corrected chi connectivity index (χ2v) is 6.18. The first kappa shape index (κ1) is 11.0. The Hall–Kier alpha value is -0.0500. The van der Waals surface area contributed by atoms with E-state index in [0.717, 1.165) is 13.0 Å². The molecule has 0 aromatic rings. The van der Waals surface area contributed by atoms with Crippen molar-refractivity contribution in [2.45, 2.75) is 50.4 Å². The summed E-state index contributed by atoms with van der Waals surface area (Å²) in [5.41, 5.74) is 0. The van der Waals surface area contributed by atoms with E-state index in [4.69, 9.17) is 0 Å². The molecule has 2 nitrogen and oxygen atoms in total. The van der Waals surface area contributed by atoms with Crippen LogP contribution in [0.15, 0.2) is 0 Å². The maximum absolute atomic E-state index is 11.9. The Labute approximate surface area is 88.8 Å². The molecule has 0 heterocycles. The van der Waals surface area contributed by atoms with Gasteiger partial charge in [0.25, 0.3) is 0 Å². The lowest BCUT2D eigenvalue weighted by molar-refractivity contribution is -0.133. The summed E-state index contributed by atoms with van der Waals surface area (Å²) < 4.78 is -0.398. The molecule has 0 aromatic heterocycles. The summed E-state index contributed by atoms with van der Waals surface area (Å²) in [4.78, 5) is 13.9. The Kier molecular flexibility index (Phi) is 3.38. The summed E-state index contributed by atoms with van der Waals surface area (Å²) >= 11 is 3.42. The standard InChI is InChI=1S/C10H18BrNO/c1-4-7-12(8-5-6-8)9(13)10(2,3)11/h8H,4-7H2,1-3H3. The number of hydrogen-bond donors (Lipinski definition) is 0. The second-order valence-electron chi connectivity index (χ2n) is 4.20. The van der Waals surface area contributed by atoms with Crippen molar-refractivity contribution in [3.8, 4) is 0 Å². The van der Waals surface area contributed by atoms with Crippen LogP contribution in [0.2, 0.25) is 0 Å². The van der Waals surface area contributed by atoms with E-state index in [2.05, 4.69) is 22.9 Å². The van der Waals surface area contributed by atoms with E-state index in [0.29, 0.717) is 6.04 Å². The molecule has 76 valence electrons. The molecule has 1 amide bonds. The second kappa shape index (κ2) is 3.99. The molecule has 1 rings (SSSR count). The van der Waals surface area contributed by atoms with Crippen LogP contribution in [0.4, 0.5) is 0 Å². The predicted octanol–water partition coefficient (Wildman–Crippen LogP) is 2.56. The maximum atomic E-state index is 11.9. The Balaban J connectivity index is 2.58. The van der Waals surface area contributed by atoms with Crippen molar-refractivity contribution in [1.29, 1.82) is 0 Å². The van der Waals surface area contributed by atoms with Gasteiger partial charge in [-0.15, -0.1) is 0 Å². The fourth-order valence-electron chi connectivity index (χ4n) is 1.42. The molecule has 3 heteroatoms. The first-order valence-corrected chi connectivity index (χ1v) is 5.76. The van der Waals surface area contributed by atoms with E-state index in [1.165, 1.54) is 12.8 Å². The topological polar surface area (TPSA) is 20.3 Å². The molecular formula is C10H18BrNO. The highest BCUT2D eigenvalue weighted by molar-refractivity contribution is 9.10. The highest BCUT2D eigenvalue weighted by Crippen LogP contribution is 2.31. The highest BCUT2D eigenvalue weighted by Gasteiger charge is 2.37. The van der Waals surface area contributed by atoms with Crippen molar-refractivity contribution in [3.05, 3.63) is 0 Å². The van der Waals surface area contributed by atoms with Gasteiger partial charge in [-0.05, 0) is 33.1 Å². The van der Waals surface area contributed by atoms with Crippen molar-refractivity contribution < 1.29 is 4.79 Å². The van der Waals surface area contributed by atoms with Crippen LogP contribution in [0.5, 0.6) is 0 Å². The molecule has 1 saturated carbocycles. The van der Waals surface area contributed by atoms with Crippen molar-refractivity contribution >= 4 is 21.8 Å². The number of amides is 1. The first-order valence-electron chi connectivity index (χ1n) is 4.96. The fourth-order valence-corrected chi connectivity index (χ4v) is 1.65. The Morgan fingerprint density at radius 1 is 1.54 bits per heavy atom. The number of halogens is 1. The van der Waals surface area contributed by atoms with Crippen LogP contribution in [0.3, 0.4) is 0 Å². The number of carbonyl (C=O) groups excluding carboxylic acids is 1. The van der Waals surface area contributed by atoms with Crippen LogP contribution < -0.4 is 0 Å². The van der Waals surface area contributed by atoms with Crippen molar-refractivity contribution in [2.24, 2.45) is 0 Å². The third-order valence-corrected chi connectivity index (χ3v) is 2.56. The molecule has 1 aliphatic rings. The molecule has 0 unspecified atom stereocenters. The van der Waals surface area contributed by atoms with E-state index < -0.39 is 4.32 Å². The van der Waals surface area contributed by atoms with E-state index in [1.807, 2.05) is 18.7 Å². The van der Waals surface area contributed by atoms with Crippen LogP contribution in [0, 0.1) is 0 Å². The summed E-state index contributed by atoms with van der Waals surface area (Å²) in [6, 6.07) is 0.532. The van der Waals surface area contributed by atoms with Gasteiger partial charge in [0.05, 0.1) is 4.32 Å². The summed E-state index contributed by atoms with van der Waals surface area (Å²) in [6.45, 7) is 6.85. The molecule has 0 aliphatic heterocycles. The minimum Gasteiger partial charge on any atom is -0.339 e. The number of hydrogen-bond acceptors (Lipinski definition) is 1. The van der Waals surface area contributed by atoms with Gasteiger partial charge in [-0.2, -0.15) is 0 Å². The zero-order chi connectivity index (χ0) is 10.1. The molecule has 0 spiro atoms. The molecule has 0 aromatic carbocycles. The Bertz CT molecular complexity index is 194. The SMILES string of the molecule is CCCN(C(=O)C(C)(C)Br)C1CC1. The molecule has 1 fully saturated rings. The number of carbonyl (C=O) groups is 1. The lowest BCUT2D eigenvalue weighted by Crippen LogP contribution is -2.43. The first-order chi connectivity index (χ1) is 5.96. The summed E-state index contributed by atoms with van der Waals surface area (Å²) in [5, 5.41) is 0. The van der Waals surface area contributed by atoms with E-state index >= 15 is 0 Å². The fraction of sp³-hybridized carbons (Fsp3) is 0.900. The third-order valence-electron chi connectivity index (χ3n) is 2.22. The molecule has 0 bridgehead atoms. The van der Waals surface area contributed by atoms with Crippen molar-refractivity contribution in [3.63, 3.8) is 0 Å². The van der Waals surface area contributed by atoms with Crippen LogP contribution in [-0.2, 0) is 4.79 Å². The number of alkyl halides is 1. The zero-order valence-corrected chi connectivity index (χ0v) is 10.2. The van der Waals surface area contributed by atoms with E-state index in [9.17, 15) is 4.79 Å². The van der Waals surface area contributed by atoms with E-state index in [-0.39, 0.29) is 5.91 Å². The van der Waals surface area contributed by atoms with Gasteiger partial charge in [0, 0.05) is 12.6 Å². The summed E-state index contributed by atoms with van der Waals surface area (Å²) in [6.07, 6.45) is 3.43. The van der Waals surface area contributed by atoms with Gasteiger partial charge in [0.1, 0.15) is 0 Å². The average Bonchev–Trinajstić information content (AvgIpc) is 2.79. The lowest BCUT2D eigenvalue weighted by Gasteiger charge is -2.28.